The average Bonchev–Trinajstić information content (AvgIpc) is 2.45. The van der Waals surface area contributed by atoms with Crippen molar-refractivity contribution < 1.29 is 13.6 Å². The molecular weight excluding hydrogens is 276 g/mol. The zero-order valence-corrected chi connectivity index (χ0v) is 11.7. The first-order chi connectivity index (χ1) is 10.0. The van der Waals surface area contributed by atoms with Crippen LogP contribution in [-0.2, 0) is 0 Å². The number of carbonyl (C=O) groups is 1. The van der Waals surface area contributed by atoms with Gasteiger partial charge in [-0.2, -0.15) is 0 Å². The van der Waals surface area contributed by atoms with Crippen LogP contribution in [0.15, 0.2) is 30.5 Å². The molecule has 0 aliphatic rings. The number of halogens is 2. The van der Waals surface area contributed by atoms with Crippen LogP contribution in [0.1, 0.15) is 22.8 Å². The lowest BCUT2D eigenvalue weighted by molar-refractivity contribution is 0.102. The third kappa shape index (κ3) is 3.53. The highest BCUT2D eigenvalue weighted by atomic mass is 19.1. The van der Waals surface area contributed by atoms with Crippen molar-refractivity contribution in [1.29, 1.82) is 0 Å². The van der Waals surface area contributed by atoms with E-state index < -0.39 is 17.5 Å². The van der Waals surface area contributed by atoms with Gasteiger partial charge in [-0.3, -0.25) is 4.79 Å². The van der Waals surface area contributed by atoms with Crippen molar-refractivity contribution in [1.82, 2.24) is 4.98 Å². The third-order valence-corrected chi connectivity index (χ3v) is 2.81. The standard InChI is InChI=1S/C15H15F2N3O/c1-3-18-14-11(16)6-10(7-12(14)17)15(21)20-13-5-4-9(2)8-19-13/h4-8,18H,3H2,1-2H3,(H,19,20,21). The molecule has 0 aliphatic carbocycles. The van der Waals surface area contributed by atoms with Gasteiger partial charge in [-0.15, -0.1) is 0 Å². The Bertz CT molecular complexity index is 633. The number of aromatic nitrogens is 1. The van der Waals surface area contributed by atoms with Gasteiger partial charge in [0.2, 0.25) is 0 Å². The molecule has 21 heavy (non-hydrogen) atoms. The smallest absolute Gasteiger partial charge is 0.257 e. The molecular formula is C15H15F2N3O. The van der Waals surface area contributed by atoms with Crippen LogP contribution in [0.25, 0.3) is 0 Å². The summed E-state index contributed by atoms with van der Waals surface area (Å²) in [6.45, 7) is 3.97. The summed E-state index contributed by atoms with van der Waals surface area (Å²) >= 11 is 0. The number of rotatable bonds is 4. The number of benzene rings is 1. The fourth-order valence-corrected chi connectivity index (χ4v) is 1.78. The van der Waals surface area contributed by atoms with Gasteiger partial charge in [-0.1, -0.05) is 6.07 Å². The van der Waals surface area contributed by atoms with Crippen LogP contribution in [0.2, 0.25) is 0 Å². The topological polar surface area (TPSA) is 54.0 Å². The van der Waals surface area contributed by atoms with Crippen LogP contribution in [0, 0.1) is 18.6 Å². The number of nitrogens with zero attached hydrogens (tertiary/aromatic N) is 1. The van der Waals surface area contributed by atoms with E-state index in [2.05, 4.69) is 15.6 Å². The maximum absolute atomic E-state index is 13.8. The van der Waals surface area contributed by atoms with Crippen LogP contribution in [0.5, 0.6) is 0 Å². The first kappa shape index (κ1) is 14.9. The Kier molecular flexibility index (Phi) is 4.47. The van der Waals surface area contributed by atoms with E-state index in [0.29, 0.717) is 12.4 Å². The summed E-state index contributed by atoms with van der Waals surface area (Å²) in [7, 11) is 0. The molecule has 0 unspecified atom stereocenters. The minimum atomic E-state index is -0.807. The van der Waals surface area contributed by atoms with Crippen molar-refractivity contribution in [3.8, 4) is 0 Å². The lowest BCUT2D eigenvalue weighted by Gasteiger charge is -2.09. The average molecular weight is 291 g/mol. The quantitative estimate of drug-likeness (QED) is 0.908. The lowest BCUT2D eigenvalue weighted by Crippen LogP contribution is -2.14. The Labute approximate surface area is 121 Å². The van der Waals surface area contributed by atoms with Gasteiger partial charge in [0.05, 0.1) is 0 Å². The van der Waals surface area contributed by atoms with E-state index in [1.165, 1.54) is 0 Å². The minimum Gasteiger partial charge on any atom is -0.381 e. The highest BCUT2D eigenvalue weighted by Gasteiger charge is 2.15. The van der Waals surface area contributed by atoms with Gasteiger partial charge >= 0.3 is 0 Å². The van der Waals surface area contributed by atoms with Gasteiger partial charge in [0.25, 0.3) is 5.91 Å². The molecule has 1 amide bonds. The van der Waals surface area contributed by atoms with Crippen molar-refractivity contribution in [2.24, 2.45) is 0 Å². The summed E-state index contributed by atoms with van der Waals surface area (Å²) in [5.74, 6) is -1.91. The maximum atomic E-state index is 13.8. The molecule has 2 N–H and O–H groups in total. The maximum Gasteiger partial charge on any atom is 0.257 e. The van der Waals surface area contributed by atoms with Gasteiger partial charge in [0, 0.05) is 18.3 Å². The number of anilines is 2. The molecule has 1 heterocycles. The second-order valence-corrected chi connectivity index (χ2v) is 4.52. The summed E-state index contributed by atoms with van der Waals surface area (Å²) in [6.07, 6.45) is 1.59. The molecule has 1 aromatic heterocycles. The molecule has 0 aliphatic heterocycles. The van der Waals surface area contributed by atoms with E-state index in [-0.39, 0.29) is 11.3 Å². The SMILES string of the molecule is CCNc1c(F)cc(C(=O)Nc2ccc(C)cn2)cc1F. The molecule has 1 aromatic carbocycles. The summed E-state index contributed by atoms with van der Waals surface area (Å²) in [4.78, 5) is 16.0. The number of hydrogen-bond acceptors (Lipinski definition) is 3. The molecule has 0 saturated heterocycles. The Morgan fingerprint density at radius 1 is 1.24 bits per heavy atom. The largest absolute Gasteiger partial charge is 0.381 e. The molecule has 110 valence electrons. The molecule has 2 aromatic rings. The molecule has 0 saturated carbocycles. The van der Waals surface area contributed by atoms with Crippen LogP contribution in [0.4, 0.5) is 20.3 Å². The molecule has 0 bridgehead atoms. The van der Waals surface area contributed by atoms with E-state index in [9.17, 15) is 13.6 Å². The number of amides is 1. The summed E-state index contributed by atoms with van der Waals surface area (Å²) < 4.78 is 27.5. The number of aryl methyl sites for hydroxylation is 1. The number of nitrogens with one attached hydrogen (secondary N) is 2. The summed E-state index contributed by atoms with van der Waals surface area (Å²) in [5, 5.41) is 5.06. The van der Waals surface area contributed by atoms with Gasteiger partial charge < -0.3 is 10.6 Å². The highest BCUT2D eigenvalue weighted by Crippen LogP contribution is 2.21. The first-order valence-corrected chi connectivity index (χ1v) is 6.48. The molecule has 0 atom stereocenters. The van der Waals surface area contributed by atoms with Crippen molar-refractivity contribution in [3.63, 3.8) is 0 Å². The summed E-state index contributed by atoms with van der Waals surface area (Å²) in [5.41, 5.74) is 0.608. The van der Waals surface area contributed by atoms with Crippen LogP contribution in [0.3, 0.4) is 0 Å². The van der Waals surface area contributed by atoms with Crippen molar-refractivity contribution in [2.75, 3.05) is 17.2 Å². The molecule has 4 nitrogen and oxygen atoms in total. The van der Waals surface area contributed by atoms with Gasteiger partial charge in [-0.05, 0) is 37.6 Å². The van der Waals surface area contributed by atoms with E-state index in [0.717, 1.165) is 17.7 Å². The van der Waals surface area contributed by atoms with E-state index in [4.69, 9.17) is 0 Å². The van der Waals surface area contributed by atoms with E-state index in [1.54, 1.807) is 25.3 Å². The Morgan fingerprint density at radius 3 is 2.43 bits per heavy atom. The number of carbonyl (C=O) groups excluding carboxylic acids is 1. The molecule has 6 heteroatoms. The Balaban J connectivity index is 2.21. The van der Waals surface area contributed by atoms with Crippen LogP contribution >= 0.6 is 0 Å². The van der Waals surface area contributed by atoms with E-state index in [1.807, 2.05) is 6.92 Å². The van der Waals surface area contributed by atoms with Crippen molar-refractivity contribution in [2.45, 2.75) is 13.8 Å². The van der Waals surface area contributed by atoms with Crippen molar-refractivity contribution >= 4 is 17.4 Å². The van der Waals surface area contributed by atoms with Crippen LogP contribution in [-0.4, -0.2) is 17.4 Å². The lowest BCUT2D eigenvalue weighted by atomic mass is 10.1. The monoisotopic (exact) mass is 291 g/mol. The Hall–Kier alpha value is -2.50. The first-order valence-electron chi connectivity index (χ1n) is 6.48. The molecule has 0 radical (unpaired) electrons. The molecule has 2 rings (SSSR count). The number of pyridine rings is 1. The third-order valence-electron chi connectivity index (χ3n) is 2.81. The molecule has 0 spiro atoms. The zero-order chi connectivity index (χ0) is 15.4. The van der Waals surface area contributed by atoms with E-state index >= 15 is 0 Å². The minimum absolute atomic E-state index is 0.103. The summed E-state index contributed by atoms with van der Waals surface area (Å²) in [6, 6.07) is 5.38. The number of hydrogen-bond donors (Lipinski definition) is 2. The second kappa shape index (κ2) is 6.30. The molecule has 0 fully saturated rings. The Morgan fingerprint density at radius 2 is 1.90 bits per heavy atom. The second-order valence-electron chi connectivity index (χ2n) is 4.52. The fraction of sp³-hybridized carbons (Fsp3) is 0.200. The predicted molar refractivity (Wildman–Crippen MR) is 77.4 cm³/mol. The van der Waals surface area contributed by atoms with Gasteiger partial charge in [-0.25, -0.2) is 13.8 Å². The van der Waals surface area contributed by atoms with Gasteiger partial charge in [0.15, 0.2) is 0 Å². The normalized spacial score (nSPS) is 10.3. The van der Waals surface area contributed by atoms with Gasteiger partial charge in [0.1, 0.15) is 23.1 Å². The van der Waals surface area contributed by atoms with Crippen LogP contribution < -0.4 is 10.6 Å². The highest BCUT2D eigenvalue weighted by molar-refractivity contribution is 6.04. The zero-order valence-electron chi connectivity index (χ0n) is 11.7. The fourth-order valence-electron chi connectivity index (χ4n) is 1.78. The van der Waals surface area contributed by atoms with Crippen molar-refractivity contribution in [3.05, 3.63) is 53.2 Å². The predicted octanol–water partition coefficient (Wildman–Crippen LogP) is 3.35.